The van der Waals surface area contributed by atoms with Crippen LogP contribution < -0.4 is 5.32 Å². The Bertz CT molecular complexity index is 1090. The van der Waals surface area contributed by atoms with Crippen molar-refractivity contribution in [3.8, 4) is 0 Å². The van der Waals surface area contributed by atoms with E-state index in [-0.39, 0.29) is 26.2 Å². The maximum absolute atomic E-state index is 12.5. The minimum atomic E-state index is -1.05. The number of esters is 3. The number of alkyl carbamates (subject to hydrolysis) is 1. The summed E-state index contributed by atoms with van der Waals surface area (Å²) in [5.41, 5.74) is -1.52. The second-order valence-electron chi connectivity index (χ2n) is 14.0. The van der Waals surface area contributed by atoms with Gasteiger partial charge in [0, 0.05) is 13.0 Å². The number of halogens is 2. The van der Waals surface area contributed by atoms with Gasteiger partial charge in [-0.2, -0.15) is 0 Å². The zero-order chi connectivity index (χ0) is 39.2. The first kappa shape index (κ1) is 47.4. The van der Waals surface area contributed by atoms with Gasteiger partial charge in [0.15, 0.2) is 0 Å². The first-order valence-corrected chi connectivity index (χ1v) is 17.4. The fourth-order valence-electron chi connectivity index (χ4n) is 4.93. The number of hydrogen-bond acceptors (Lipinski definition) is 12. The average molecular weight is 737 g/mol. The zero-order valence-corrected chi connectivity index (χ0v) is 31.8. The molecular formula is C35H60F2N2O12. The van der Waals surface area contributed by atoms with Gasteiger partial charge in [0.1, 0.15) is 29.4 Å². The van der Waals surface area contributed by atoms with Crippen LogP contribution in [0.5, 0.6) is 0 Å². The van der Waals surface area contributed by atoms with Gasteiger partial charge in [-0.15, -0.1) is 0 Å². The Kier molecular flexibility index (Phi) is 22.9. The standard InChI is InChI=1S/C18H32FNO6.C17H28FNO6/c1-18(2,3)26-17(23)20-14(16(22)25-5)12-13(15(21)24-4)10-8-6-7-9-11-19;1-17(2,3)25-16(22)19-12(15(21)23-4)11-13(14(19)20)24-10-8-6-5-7-9-18/h13-14H,6-12H2,1-5H3,(H,20,23);12-13H,5-11H2,1-4H3/i19-1;18-1. The summed E-state index contributed by atoms with van der Waals surface area (Å²) in [7, 11) is 3.67. The van der Waals surface area contributed by atoms with Gasteiger partial charge in [0.25, 0.3) is 5.91 Å². The van der Waals surface area contributed by atoms with Crippen LogP contribution in [0.4, 0.5) is 18.4 Å². The number of nitrogens with one attached hydrogen (secondary N) is 1. The second kappa shape index (κ2) is 24.6. The van der Waals surface area contributed by atoms with Crippen LogP contribution in [0.3, 0.4) is 0 Å². The SMILES string of the molecule is COC(=O)C(CCCCCC[18F])CC(NC(=O)OC(C)(C)C)C(=O)OC.COC(=O)C1CC(OCCCCCC[18F])C(=O)N1C(=O)OC(C)(C)C. The number of methoxy groups -OCH3 is 3. The van der Waals surface area contributed by atoms with E-state index in [9.17, 15) is 37.5 Å². The molecule has 0 bridgehead atoms. The highest BCUT2D eigenvalue weighted by atomic mass is 18.2. The number of alkyl halides is 2. The van der Waals surface area contributed by atoms with E-state index >= 15 is 0 Å². The van der Waals surface area contributed by atoms with E-state index in [0.29, 0.717) is 38.7 Å². The molecule has 1 aliphatic heterocycles. The van der Waals surface area contributed by atoms with Gasteiger partial charge < -0.3 is 33.7 Å². The molecule has 0 aromatic heterocycles. The fraction of sp³-hybridized carbons (Fsp3) is 0.829. The van der Waals surface area contributed by atoms with Crippen LogP contribution in [0.1, 0.15) is 112 Å². The number of carbonyl (C=O) groups is 6. The van der Waals surface area contributed by atoms with Crippen molar-refractivity contribution in [2.75, 3.05) is 41.3 Å². The van der Waals surface area contributed by atoms with Crippen molar-refractivity contribution in [2.24, 2.45) is 5.92 Å². The van der Waals surface area contributed by atoms with Gasteiger partial charge in [0.2, 0.25) is 0 Å². The maximum atomic E-state index is 12.5. The molecule has 1 fully saturated rings. The number of hydrogen-bond donors (Lipinski definition) is 1. The third-order valence-electron chi connectivity index (χ3n) is 7.34. The fourth-order valence-corrected chi connectivity index (χ4v) is 4.93. The molecule has 1 saturated heterocycles. The first-order chi connectivity index (χ1) is 23.8. The molecule has 14 nitrogen and oxygen atoms in total. The molecule has 0 aromatic rings. The molecular weight excluding hydrogens is 676 g/mol. The van der Waals surface area contributed by atoms with Gasteiger partial charge in [-0.25, -0.2) is 24.1 Å². The monoisotopic (exact) mass is 736 g/mol. The van der Waals surface area contributed by atoms with E-state index in [0.717, 1.165) is 30.6 Å². The summed E-state index contributed by atoms with van der Waals surface area (Å²) in [6.45, 7) is 9.73. The molecule has 0 aromatic carbocycles. The van der Waals surface area contributed by atoms with Crippen LogP contribution in [-0.2, 0) is 47.6 Å². The van der Waals surface area contributed by atoms with Crippen LogP contribution in [0.2, 0.25) is 0 Å². The molecule has 1 heterocycles. The molecule has 4 unspecified atom stereocenters. The molecule has 3 amide bonds. The van der Waals surface area contributed by atoms with Crippen molar-refractivity contribution >= 4 is 36.0 Å². The molecule has 4 atom stereocenters. The van der Waals surface area contributed by atoms with E-state index in [2.05, 4.69) is 10.1 Å². The molecule has 51 heavy (non-hydrogen) atoms. The highest BCUT2D eigenvalue weighted by Gasteiger charge is 2.49. The average Bonchev–Trinajstić information content (AvgIpc) is 3.38. The number of amides is 3. The van der Waals surface area contributed by atoms with Gasteiger partial charge in [-0.3, -0.25) is 18.4 Å². The van der Waals surface area contributed by atoms with Crippen molar-refractivity contribution in [3.63, 3.8) is 0 Å². The number of carbonyl (C=O) groups excluding carboxylic acids is 6. The van der Waals surface area contributed by atoms with E-state index in [1.807, 2.05) is 0 Å². The Morgan fingerprint density at radius 2 is 1.29 bits per heavy atom. The minimum Gasteiger partial charge on any atom is -0.469 e. The highest BCUT2D eigenvalue weighted by Crippen LogP contribution is 2.26. The lowest BCUT2D eigenvalue weighted by atomic mass is 9.93. The number of unbranched alkanes of at least 4 members (excludes halogenated alkanes) is 6. The Morgan fingerprint density at radius 1 is 0.765 bits per heavy atom. The predicted molar refractivity (Wildman–Crippen MR) is 182 cm³/mol. The van der Waals surface area contributed by atoms with Crippen molar-refractivity contribution in [1.29, 1.82) is 0 Å². The third-order valence-corrected chi connectivity index (χ3v) is 7.34. The van der Waals surface area contributed by atoms with E-state index in [1.54, 1.807) is 41.5 Å². The van der Waals surface area contributed by atoms with Crippen LogP contribution in [0, 0.1) is 5.92 Å². The molecule has 0 aliphatic carbocycles. The van der Waals surface area contributed by atoms with Crippen molar-refractivity contribution < 1.29 is 66.0 Å². The highest BCUT2D eigenvalue weighted by molar-refractivity contribution is 6.01. The molecule has 296 valence electrons. The van der Waals surface area contributed by atoms with Crippen molar-refractivity contribution in [3.05, 3.63) is 0 Å². The largest absolute Gasteiger partial charge is 0.469 e. The smallest absolute Gasteiger partial charge is 0.417 e. The van der Waals surface area contributed by atoms with E-state index < -0.39 is 71.3 Å². The Labute approximate surface area is 300 Å². The molecule has 0 saturated carbocycles. The molecule has 1 aliphatic rings. The predicted octanol–water partition coefficient (Wildman–Crippen LogP) is 5.76. The summed E-state index contributed by atoms with van der Waals surface area (Å²) in [6.07, 6.45) is 3.46. The van der Waals surface area contributed by atoms with Gasteiger partial charge in [0.05, 0.1) is 40.6 Å². The Balaban J connectivity index is 0.000000981. The summed E-state index contributed by atoms with van der Waals surface area (Å²) in [5.74, 6) is -3.00. The molecule has 0 spiro atoms. The van der Waals surface area contributed by atoms with Gasteiger partial charge >= 0.3 is 30.1 Å². The normalized spacial score (nSPS) is 17.0. The lowest BCUT2D eigenvalue weighted by Gasteiger charge is -2.26. The minimum absolute atomic E-state index is 0.0369. The zero-order valence-electron chi connectivity index (χ0n) is 31.8. The Morgan fingerprint density at radius 3 is 1.78 bits per heavy atom. The van der Waals surface area contributed by atoms with Crippen molar-refractivity contribution in [1.82, 2.24) is 10.2 Å². The molecule has 0 radical (unpaired) electrons. The van der Waals surface area contributed by atoms with Crippen LogP contribution in [0.15, 0.2) is 0 Å². The number of imide groups is 1. The summed E-state index contributed by atoms with van der Waals surface area (Å²) < 4.78 is 54.2. The third kappa shape index (κ3) is 20.2. The first-order valence-electron chi connectivity index (χ1n) is 17.4. The number of likely N-dealkylation sites (tertiary alicyclic amines) is 1. The van der Waals surface area contributed by atoms with Crippen LogP contribution in [0.25, 0.3) is 0 Å². The van der Waals surface area contributed by atoms with Crippen LogP contribution in [-0.4, -0.2) is 112 Å². The summed E-state index contributed by atoms with van der Waals surface area (Å²) in [4.78, 5) is 73.4. The lowest BCUT2D eigenvalue weighted by Crippen LogP contribution is -2.46. The van der Waals surface area contributed by atoms with Crippen molar-refractivity contribution in [2.45, 2.75) is 142 Å². The van der Waals surface area contributed by atoms with Gasteiger partial charge in [-0.05, 0) is 73.6 Å². The number of nitrogens with zero attached hydrogens (tertiary/aromatic N) is 1. The quantitative estimate of drug-likeness (QED) is 0.0967. The molecule has 16 heteroatoms. The topological polar surface area (TPSA) is 173 Å². The molecule has 1 N–H and O–H groups in total. The van der Waals surface area contributed by atoms with Gasteiger partial charge in [-0.1, -0.05) is 32.1 Å². The lowest BCUT2D eigenvalue weighted by molar-refractivity contribution is -0.149. The second-order valence-corrected chi connectivity index (χ2v) is 14.0. The van der Waals surface area contributed by atoms with Crippen LogP contribution >= 0.6 is 0 Å². The summed E-state index contributed by atoms with van der Waals surface area (Å²) in [6, 6.07) is -2.08. The summed E-state index contributed by atoms with van der Waals surface area (Å²) in [5, 5.41) is 2.45. The summed E-state index contributed by atoms with van der Waals surface area (Å²) >= 11 is 0. The maximum Gasteiger partial charge on any atom is 0.417 e. The number of ether oxygens (including phenoxy) is 6. The Hall–Kier alpha value is -3.56. The molecule has 1 rings (SSSR count). The van der Waals surface area contributed by atoms with E-state index in [1.165, 1.54) is 21.3 Å². The number of rotatable bonds is 19. The van der Waals surface area contributed by atoms with E-state index in [4.69, 9.17) is 23.7 Å².